The van der Waals surface area contributed by atoms with Crippen LogP contribution in [0.1, 0.15) is 83.5 Å². The zero-order valence-electron chi connectivity index (χ0n) is 16.1. The van der Waals surface area contributed by atoms with Gasteiger partial charge >= 0.3 is 0 Å². The summed E-state index contributed by atoms with van der Waals surface area (Å²) in [4.78, 5) is 0. The lowest BCUT2D eigenvalue weighted by atomic mass is 9.65. The van der Waals surface area contributed by atoms with Crippen LogP contribution in [0, 0.1) is 29.6 Å². The second-order valence-corrected chi connectivity index (χ2v) is 9.34. The molecule has 0 saturated heterocycles. The molecule has 26 heavy (non-hydrogen) atoms. The number of hydrogen-bond acceptors (Lipinski definition) is 1. The monoisotopic (exact) mass is 374 g/mol. The van der Waals surface area contributed by atoms with Crippen LogP contribution >= 0.6 is 0 Å². The van der Waals surface area contributed by atoms with Gasteiger partial charge in [-0.25, -0.2) is 8.78 Å². The van der Waals surface area contributed by atoms with E-state index in [1.165, 1.54) is 44.9 Å². The van der Waals surface area contributed by atoms with Gasteiger partial charge in [0, 0.05) is 0 Å². The Bertz CT molecular complexity index is 402. The van der Waals surface area contributed by atoms with Crippen LogP contribution in [0.4, 0.5) is 13.2 Å². The minimum atomic E-state index is -1.68. The molecule has 3 fully saturated rings. The van der Waals surface area contributed by atoms with E-state index in [0.717, 1.165) is 43.4 Å². The first-order valence-electron chi connectivity index (χ1n) is 11.1. The fourth-order valence-corrected chi connectivity index (χ4v) is 6.15. The highest BCUT2D eigenvalue weighted by Gasteiger charge is 2.44. The van der Waals surface area contributed by atoms with Crippen LogP contribution in [0.3, 0.4) is 0 Å². The molecule has 4 atom stereocenters. The number of rotatable bonds is 6. The molecule has 0 aromatic rings. The van der Waals surface area contributed by atoms with Gasteiger partial charge < -0.3 is 5.11 Å². The molecule has 152 valence electrons. The van der Waals surface area contributed by atoms with Crippen LogP contribution in [0.5, 0.6) is 0 Å². The molecule has 3 saturated carbocycles. The maximum atomic E-state index is 14.3. The lowest BCUT2D eigenvalue weighted by molar-refractivity contribution is -0.0561. The molecule has 3 rings (SSSR count). The first-order chi connectivity index (χ1) is 12.6. The van der Waals surface area contributed by atoms with Gasteiger partial charge in [-0.1, -0.05) is 25.7 Å². The summed E-state index contributed by atoms with van der Waals surface area (Å²) in [5.74, 6) is 2.52. The summed E-state index contributed by atoms with van der Waals surface area (Å²) in [6.45, 7) is -0.179. The van der Waals surface area contributed by atoms with Gasteiger partial charge in [0.2, 0.25) is 0 Å². The van der Waals surface area contributed by atoms with E-state index in [1.807, 2.05) is 0 Å². The third kappa shape index (κ3) is 4.97. The van der Waals surface area contributed by atoms with Crippen molar-refractivity contribution in [3.63, 3.8) is 0 Å². The minimum Gasteiger partial charge on any atom is -0.390 e. The molecule has 3 aliphatic rings. The number of aliphatic hydroxyl groups excluding tert-OH is 1. The van der Waals surface area contributed by atoms with Crippen molar-refractivity contribution >= 4 is 0 Å². The van der Waals surface area contributed by atoms with Crippen molar-refractivity contribution in [1.82, 2.24) is 0 Å². The quantitative estimate of drug-likeness (QED) is 0.550. The summed E-state index contributed by atoms with van der Waals surface area (Å²) >= 11 is 0. The molecule has 3 aliphatic carbocycles. The van der Waals surface area contributed by atoms with Crippen molar-refractivity contribution in [2.45, 2.75) is 102 Å². The van der Waals surface area contributed by atoms with E-state index in [2.05, 4.69) is 0 Å². The first kappa shape index (κ1) is 20.5. The van der Waals surface area contributed by atoms with Crippen molar-refractivity contribution in [2.75, 3.05) is 6.67 Å². The molecule has 0 aromatic heterocycles. The molecule has 0 amide bonds. The number of aliphatic hydroxyl groups is 1. The molecule has 4 unspecified atom stereocenters. The lowest BCUT2D eigenvalue weighted by Crippen LogP contribution is -2.44. The molecular weight excluding hydrogens is 337 g/mol. The molecule has 0 bridgehead atoms. The molecule has 0 aromatic carbocycles. The zero-order valence-corrected chi connectivity index (χ0v) is 16.1. The molecule has 0 aliphatic heterocycles. The summed E-state index contributed by atoms with van der Waals surface area (Å²) < 4.78 is 40.4. The van der Waals surface area contributed by atoms with Crippen molar-refractivity contribution in [1.29, 1.82) is 0 Å². The Morgan fingerprint density at radius 1 is 0.654 bits per heavy atom. The summed E-state index contributed by atoms with van der Waals surface area (Å²) in [7, 11) is 0. The Labute approximate surface area is 157 Å². The number of unbranched alkanes of at least 4 members (excludes halogenated alkanes) is 1. The molecule has 0 radical (unpaired) electrons. The van der Waals surface area contributed by atoms with E-state index in [0.29, 0.717) is 18.8 Å². The lowest BCUT2D eigenvalue weighted by Gasteiger charge is -2.42. The van der Waals surface area contributed by atoms with Crippen LogP contribution in [-0.4, -0.2) is 30.2 Å². The maximum Gasteiger partial charge on any atom is 0.157 e. The minimum absolute atomic E-state index is 0.179. The summed E-state index contributed by atoms with van der Waals surface area (Å²) in [5.41, 5.74) is 0. The Hall–Kier alpha value is -0.250. The van der Waals surface area contributed by atoms with Gasteiger partial charge in [-0.05, 0) is 87.4 Å². The third-order valence-electron chi connectivity index (χ3n) is 7.85. The topological polar surface area (TPSA) is 20.2 Å². The fourth-order valence-electron chi connectivity index (χ4n) is 6.15. The van der Waals surface area contributed by atoms with Crippen LogP contribution in [-0.2, 0) is 0 Å². The number of hydrogen-bond donors (Lipinski definition) is 1. The van der Waals surface area contributed by atoms with Gasteiger partial charge in [0.1, 0.15) is 6.17 Å². The average molecular weight is 375 g/mol. The van der Waals surface area contributed by atoms with Crippen LogP contribution in [0.15, 0.2) is 0 Å². The van der Waals surface area contributed by atoms with E-state index in [9.17, 15) is 18.3 Å². The Kier molecular flexibility index (Phi) is 7.72. The van der Waals surface area contributed by atoms with Crippen LogP contribution < -0.4 is 0 Å². The Morgan fingerprint density at radius 2 is 1.23 bits per heavy atom. The first-order valence-corrected chi connectivity index (χ1v) is 11.1. The van der Waals surface area contributed by atoms with Crippen molar-refractivity contribution < 1.29 is 18.3 Å². The van der Waals surface area contributed by atoms with Crippen molar-refractivity contribution in [3.8, 4) is 0 Å². The third-order valence-corrected chi connectivity index (χ3v) is 7.85. The largest absolute Gasteiger partial charge is 0.390 e. The molecular formula is C22H37F3O. The fraction of sp³-hybridized carbons (Fsp3) is 1.00. The van der Waals surface area contributed by atoms with Gasteiger partial charge in [0.25, 0.3) is 0 Å². The Balaban J connectivity index is 1.39. The summed E-state index contributed by atoms with van der Waals surface area (Å²) in [5, 5.41) is 9.53. The number of halogens is 3. The van der Waals surface area contributed by atoms with Gasteiger partial charge in [-0.15, -0.1) is 0 Å². The predicted molar refractivity (Wildman–Crippen MR) is 99.2 cm³/mol. The maximum absolute atomic E-state index is 14.3. The standard InChI is InChI=1S/C22H37F3O/c23-14-2-1-3-15-4-6-16(7-5-15)17-8-10-18(11-9-17)19-12-13-20(26)22(25)21(19)24/h15-22,26H,1-14H2. The number of alkyl halides is 3. The van der Waals surface area contributed by atoms with Gasteiger partial charge in [-0.3, -0.25) is 4.39 Å². The normalized spacial score (nSPS) is 44.8. The Morgan fingerprint density at radius 3 is 1.85 bits per heavy atom. The summed E-state index contributed by atoms with van der Waals surface area (Å²) in [6.07, 6.45) is 9.38. The van der Waals surface area contributed by atoms with E-state index in [4.69, 9.17) is 0 Å². The van der Waals surface area contributed by atoms with E-state index in [-0.39, 0.29) is 12.6 Å². The zero-order chi connectivity index (χ0) is 18.5. The molecule has 0 heterocycles. The SMILES string of the molecule is OC1CCC(C2CCC(C3CCC(CCCCF)CC3)CC2)C(F)C1F. The highest BCUT2D eigenvalue weighted by molar-refractivity contribution is 4.93. The second-order valence-electron chi connectivity index (χ2n) is 9.34. The van der Waals surface area contributed by atoms with Crippen LogP contribution in [0.2, 0.25) is 0 Å². The molecule has 4 heteroatoms. The van der Waals surface area contributed by atoms with Crippen molar-refractivity contribution in [2.24, 2.45) is 29.6 Å². The second kappa shape index (κ2) is 9.80. The van der Waals surface area contributed by atoms with E-state index < -0.39 is 18.4 Å². The van der Waals surface area contributed by atoms with Crippen molar-refractivity contribution in [3.05, 3.63) is 0 Å². The highest BCUT2D eigenvalue weighted by Crippen LogP contribution is 2.46. The van der Waals surface area contributed by atoms with E-state index >= 15 is 0 Å². The van der Waals surface area contributed by atoms with Gasteiger partial charge in [-0.2, -0.15) is 0 Å². The molecule has 1 nitrogen and oxygen atoms in total. The smallest absolute Gasteiger partial charge is 0.157 e. The molecule has 0 spiro atoms. The van der Waals surface area contributed by atoms with Crippen LogP contribution in [0.25, 0.3) is 0 Å². The highest BCUT2D eigenvalue weighted by atomic mass is 19.2. The average Bonchev–Trinajstić information content (AvgIpc) is 2.67. The summed E-state index contributed by atoms with van der Waals surface area (Å²) in [6, 6.07) is 0. The van der Waals surface area contributed by atoms with Gasteiger partial charge in [0.05, 0.1) is 12.8 Å². The van der Waals surface area contributed by atoms with E-state index in [1.54, 1.807) is 0 Å². The molecule has 1 N–H and O–H groups in total. The predicted octanol–water partition coefficient (Wildman–Crippen LogP) is 6.19. The van der Waals surface area contributed by atoms with Gasteiger partial charge in [0.15, 0.2) is 6.17 Å².